The van der Waals surface area contributed by atoms with E-state index in [1.54, 1.807) is 24.3 Å². The zero-order chi connectivity index (χ0) is 16.7. The highest BCUT2D eigenvalue weighted by molar-refractivity contribution is 8.06. The molecule has 0 radical (unpaired) electrons. The Morgan fingerprint density at radius 2 is 1.61 bits per heavy atom. The third kappa shape index (κ3) is 5.35. The van der Waals surface area contributed by atoms with Crippen molar-refractivity contribution in [3.05, 3.63) is 59.7 Å². The van der Waals surface area contributed by atoms with Gasteiger partial charge in [0.2, 0.25) is 6.72 Å². The first-order valence-electron chi connectivity index (χ1n) is 7.91. The van der Waals surface area contributed by atoms with Crippen molar-refractivity contribution in [1.29, 1.82) is 0 Å². The molecule has 23 heavy (non-hydrogen) atoms. The number of aryl methyl sites for hydroxylation is 1. The zero-order valence-electron chi connectivity index (χ0n) is 13.5. The van der Waals surface area contributed by atoms with Gasteiger partial charge in [-0.3, -0.25) is 0 Å². The predicted molar refractivity (Wildman–Crippen MR) is 96.4 cm³/mol. The van der Waals surface area contributed by atoms with Gasteiger partial charge in [0.1, 0.15) is 11.5 Å². The first-order valence-corrected chi connectivity index (χ1v) is 10.5. The second-order valence-corrected chi connectivity index (χ2v) is 7.94. The molecule has 1 unspecified atom stereocenters. The van der Waals surface area contributed by atoms with Crippen molar-refractivity contribution in [3.8, 4) is 11.5 Å². The van der Waals surface area contributed by atoms with E-state index >= 15 is 0 Å². The lowest BCUT2D eigenvalue weighted by Gasteiger charge is -2.29. The van der Waals surface area contributed by atoms with Gasteiger partial charge in [0.15, 0.2) is 0 Å². The summed E-state index contributed by atoms with van der Waals surface area (Å²) in [6.45, 7) is 0.608. The van der Waals surface area contributed by atoms with E-state index in [4.69, 9.17) is 20.9 Å². The molecule has 0 saturated carbocycles. The highest BCUT2D eigenvalue weighted by Gasteiger charge is 2.14. The summed E-state index contributed by atoms with van der Waals surface area (Å²) in [4.78, 5) is 12.5. The molecule has 124 valence electrons. The van der Waals surface area contributed by atoms with Crippen LogP contribution in [0.2, 0.25) is 0 Å². The Labute approximate surface area is 143 Å². The number of rotatable bonds is 8. The minimum Gasteiger partial charge on any atom is -0.760 e. The van der Waals surface area contributed by atoms with Crippen molar-refractivity contribution < 1.29 is 13.9 Å². The van der Waals surface area contributed by atoms with E-state index in [9.17, 15) is 4.89 Å². The fraction of sp³-hybridized carbons (Fsp3) is 0.333. The smallest absolute Gasteiger partial charge is 0.221 e. The average molecular weight is 349 g/mol. The molecule has 0 aliphatic rings. The monoisotopic (exact) mass is 349 g/mol. The molecule has 2 aromatic carbocycles. The molecule has 0 aliphatic carbocycles. The molecule has 0 spiro atoms. The average Bonchev–Trinajstić information content (AvgIpc) is 2.51. The van der Waals surface area contributed by atoms with Gasteiger partial charge >= 0.3 is 0 Å². The van der Waals surface area contributed by atoms with Crippen LogP contribution in [0.3, 0.4) is 0 Å². The zero-order valence-corrected chi connectivity index (χ0v) is 15.2. The molecule has 2 aromatic rings. The number of benzene rings is 2. The van der Waals surface area contributed by atoms with Crippen LogP contribution in [0.4, 0.5) is 0 Å². The maximum atomic E-state index is 12.5. The van der Waals surface area contributed by atoms with Crippen LogP contribution in [-0.4, -0.2) is 0 Å². The van der Waals surface area contributed by atoms with Crippen LogP contribution in [0.1, 0.15) is 37.8 Å². The SMILES string of the molecule is CCCc1cccc(OP([O-])(=S)Oc2ccccc2)c1CCC. The Hall–Kier alpha value is -1.35. The lowest BCUT2D eigenvalue weighted by atomic mass is 9.99. The van der Waals surface area contributed by atoms with Gasteiger partial charge in [-0.25, -0.2) is 0 Å². The van der Waals surface area contributed by atoms with Gasteiger partial charge < -0.3 is 13.9 Å². The fourth-order valence-electron chi connectivity index (χ4n) is 2.48. The lowest BCUT2D eigenvalue weighted by molar-refractivity contribution is -0.191. The third-order valence-corrected chi connectivity index (χ3v) is 4.72. The molecule has 0 aromatic heterocycles. The van der Waals surface area contributed by atoms with Crippen molar-refractivity contribution in [2.75, 3.05) is 0 Å². The second kappa shape index (κ2) is 8.49. The van der Waals surface area contributed by atoms with Gasteiger partial charge in [0.05, 0.1) is 0 Å². The first-order chi connectivity index (χ1) is 11.1. The summed E-state index contributed by atoms with van der Waals surface area (Å²) in [7, 11) is 0. The fourth-order valence-corrected chi connectivity index (χ4v) is 3.81. The molecule has 0 fully saturated rings. The van der Waals surface area contributed by atoms with Crippen LogP contribution < -0.4 is 13.9 Å². The molecular formula is C18H22O3PS-. The number of hydrogen-bond donors (Lipinski definition) is 0. The standard InChI is InChI=1S/C18H23O3PS/c1-3-9-15-11-8-14-18(17(15)10-4-2)21-22(19,23)20-16-12-6-5-7-13-16/h5-8,11-14H,3-4,9-10H2,1-2H3,(H,19,23)/p-1. The molecule has 0 N–H and O–H groups in total. The summed E-state index contributed by atoms with van der Waals surface area (Å²) >= 11 is 5.07. The summed E-state index contributed by atoms with van der Waals surface area (Å²) in [5.41, 5.74) is 2.31. The summed E-state index contributed by atoms with van der Waals surface area (Å²) in [5.74, 6) is 1.03. The summed E-state index contributed by atoms with van der Waals surface area (Å²) < 4.78 is 11.0. The van der Waals surface area contributed by atoms with Crippen LogP contribution in [0.25, 0.3) is 0 Å². The second-order valence-electron chi connectivity index (χ2n) is 5.34. The van der Waals surface area contributed by atoms with Crippen molar-refractivity contribution in [2.45, 2.75) is 39.5 Å². The van der Waals surface area contributed by atoms with E-state index in [2.05, 4.69) is 19.9 Å². The highest BCUT2D eigenvalue weighted by atomic mass is 32.5. The molecule has 3 nitrogen and oxygen atoms in total. The van der Waals surface area contributed by atoms with Gasteiger partial charge in [-0.1, -0.05) is 57.0 Å². The Balaban J connectivity index is 2.24. The molecular weight excluding hydrogens is 327 g/mol. The molecule has 0 amide bonds. The number of para-hydroxylation sites is 1. The largest absolute Gasteiger partial charge is 0.760 e. The topological polar surface area (TPSA) is 41.5 Å². The van der Waals surface area contributed by atoms with E-state index < -0.39 is 6.72 Å². The van der Waals surface area contributed by atoms with Gasteiger partial charge in [0.25, 0.3) is 0 Å². The summed E-state index contributed by atoms with van der Waals surface area (Å²) in [6.07, 6.45) is 3.87. The van der Waals surface area contributed by atoms with Crippen LogP contribution in [0.15, 0.2) is 48.5 Å². The number of hydrogen-bond acceptors (Lipinski definition) is 4. The van der Waals surface area contributed by atoms with Crippen molar-refractivity contribution in [1.82, 2.24) is 0 Å². The van der Waals surface area contributed by atoms with Gasteiger partial charge in [-0.15, -0.1) is 0 Å². The molecule has 0 saturated heterocycles. The Morgan fingerprint density at radius 3 is 2.26 bits per heavy atom. The third-order valence-electron chi connectivity index (χ3n) is 3.42. The van der Waals surface area contributed by atoms with Gasteiger partial charge in [0, 0.05) is 0 Å². The van der Waals surface area contributed by atoms with E-state index in [1.807, 2.05) is 18.2 Å². The Bertz CT molecular complexity index is 673. The molecule has 0 aliphatic heterocycles. The van der Waals surface area contributed by atoms with Crippen LogP contribution in [0, 0.1) is 0 Å². The highest BCUT2D eigenvalue weighted by Crippen LogP contribution is 2.42. The lowest BCUT2D eigenvalue weighted by Crippen LogP contribution is -2.14. The van der Waals surface area contributed by atoms with E-state index in [-0.39, 0.29) is 0 Å². The Morgan fingerprint density at radius 1 is 0.913 bits per heavy atom. The first kappa shape index (κ1) is 18.0. The van der Waals surface area contributed by atoms with Crippen LogP contribution >= 0.6 is 6.72 Å². The molecule has 2 rings (SSSR count). The van der Waals surface area contributed by atoms with Gasteiger partial charge in [-0.2, -0.15) is 0 Å². The van der Waals surface area contributed by atoms with Gasteiger partial charge in [-0.05, 0) is 54.0 Å². The van der Waals surface area contributed by atoms with E-state index in [0.717, 1.165) is 31.2 Å². The van der Waals surface area contributed by atoms with E-state index in [0.29, 0.717) is 11.5 Å². The summed E-state index contributed by atoms with van der Waals surface area (Å²) in [6, 6.07) is 14.7. The quantitative estimate of drug-likeness (QED) is 0.651. The van der Waals surface area contributed by atoms with E-state index in [1.165, 1.54) is 5.56 Å². The predicted octanol–water partition coefficient (Wildman–Crippen LogP) is 4.63. The van der Waals surface area contributed by atoms with Crippen LogP contribution in [0.5, 0.6) is 11.5 Å². The summed E-state index contributed by atoms with van der Waals surface area (Å²) in [5, 5.41) is 0. The van der Waals surface area contributed by atoms with Crippen molar-refractivity contribution in [3.63, 3.8) is 0 Å². The van der Waals surface area contributed by atoms with Crippen molar-refractivity contribution >= 4 is 18.5 Å². The minimum atomic E-state index is -3.64. The maximum Gasteiger partial charge on any atom is 0.221 e. The minimum absolute atomic E-state index is 0.451. The molecule has 1 atom stereocenters. The molecule has 0 heterocycles. The molecule has 5 heteroatoms. The Kier molecular flexibility index (Phi) is 6.64. The maximum absolute atomic E-state index is 12.5. The molecule has 0 bridgehead atoms. The van der Waals surface area contributed by atoms with Crippen LogP contribution in [-0.2, 0) is 24.6 Å². The van der Waals surface area contributed by atoms with Crippen molar-refractivity contribution in [2.24, 2.45) is 0 Å². The normalized spacial score (nSPS) is 13.3.